The van der Waals surface area contributed by atoms with E-state index in [-0.39, 0.29) is 6.04 Å². The summed E-state index contributed by atoms with van der Waals surface area (Å²) in [6.45, 7) is 4.04. The van der Waals surface area contributed by atoms with Crippen LogP contribution in [-0.2, 0) is 4.79 Å². The van der Waals surface area contributed by atoms with Crippen molar-refractivity contribution in [2.24, 2.45) is 0 Å². The lowest BCUT2D eigenvalue weighted by molar-refractivity contribution is -0.139. The van der Waals surface area contributed by atoms with Crippen molar-refractivity contribution in [3.63, 3.8) is 0 Å². The number of carboxylic acid groups (broad SMARTS) is 1. The first-order valence-corrected chi connectivity index (χ1v) is 6.71. The van der Waals surface area contributed by atoms with Crippen LogP contribution < -0.4 is 10.1 Å². The summed E-state index contributed by atoms with van der Waals surface area (Å²) in [6, 6.07) is 7.19. The number of nitrogens with one attached hydrogen (secondary N) is 1. The quantitative estimate of drug-likeness (QED) is 0.758. The van der Waals surface area contributed by atoms with E-state index in [1.165, 1.54) is 0 Å². The standard InChI is InChI=1S/C15H23NO3/c1-4-5-6-14(15(17)18)16-11(2)12-7-9-13(19-3)10-8-12/h7-11,14,16H,4-6H2,1-3H3,(H,17,18)/t11-,14?/m0/s1. The Kier molecular flexibility index (Phi) is 6.36. The van der Waals surface area contributed by atoms with Gasteiger partial charge in [0.2, 0.25) is 0 Å². The Labute approximate surface area is 114 Å². The van der Waals surface area contributed by atoms with E-state index in [4.69, 9.17) is 4.74 Å². The first-order chi connectivity index (χ1) is 9.08. The number of carbonyl (C=O) groups is 1. The maximum absolute atomic E-state index is 11.2. The molecule has 0 aliphatic carbocycles. The third-order valence-corrected chi connectivity index (χ3v) is 3.21. The van der Waals surface area contributed by atoms with Gasteiger partial charge in [-0.2, -0.15) is 0 Å². The van der Waals surface area contributed by atoms with Crippen LogP contribution in [0.5, 0.6) is 5.75 Å². The van der Waals surface area contributed by atoms with E-state index in [0.717, 1.165) is 24.2 Å². The topological polar surface area (TPSA) is 58.6 Å². The lowest BCUT2D eigenvalue weighted by atomic mass is 10.0. The van der Waals surface area contributed by atoms with Crippen molar-refractivity contribution in [3.05, 3.63) is 29.8 Å². The van der Waals surface area contributed by atoms with Gasteiger partial charge >= 0.3 is 5.97 Å². The van der Waals surface area contributed by atoms with Crippen LogP contribution in [0.4, 0.5) is 0 Å². The molecular formula is C15H23NO3. The fraction of sp³-hybridized carbons (Fsp3) is 0.533. The molecule has 0 heterocycles. The molecule has 0 aromatic heterocycles. The number of unbranched alkanes of at least 4 members (excludes halogenated alkanes) is 1. The zero-order valence-electron chi connectivity index (χ0n) is 11.8. The molecule has 0 fully saturated rings. The van der Waals surface area contributed by atoms with E-state index in [2.05, 4.69) is 12.2 Å². The fourth-order valence-electron chi connectivity index (χ4n) is 1.98. The van der Waals surface area contributed by atoms with E-state index >= 15 is 0 Å². The number of hydrogen-bond donors (Lipinski definition) is 2. The van der Waals surface area contributed by atoms with Crippen LogP contribution in [0.15, 0.2) is 24.3 Å². The number of benzene rings is 1. The summed E-state index contributed by atoms with van der Waals surface area (Å²) in [4.78, 5) is 11.2. The summed E-state index contributed by atoms with van der Waals surface area (Å²) < 4.78 is 5.11. The first-order valence-electron chi connectivity index (χ1n) is 6.71. The molecule has 0 amide bonds. The van der Waals surface area contributed by atoms with Gasteiger partial charge in [0.15, 0.2) is 0 Å². The van der Waals surface area contributed by atoms with Crippen molar-refractivity contribution >= 4 is 5.97 Å². The smallest absolute Gasteiger partial charge is 0.320 e. The molecular weight excluding hydrogens is 242 g/mol. The summed E-state index contributed by atoms with van der Waals surface area (Å²) in [5, 5.41) is 12.4. The summed E-state index contributed by atoms with van der Waals surface area (Å²) in [5.74, 6) is 0.0190. The molecule has 1 rings (SSSR count). The van der Waals surface area contributed by atoms with Crippen LogP contribution in [0.3, 0.4) is 0 Å². The van der Waals surface area contributed by atoms with Gasteiger partial charge in [-0.25, -0.2) is 0 Å². The molecule has 0 saturated heterocycles. The van der Waals surface area contributed by atoms with Gasteiger partial charge in [0.05, 0.1) is 7.11 Å². The van der Waals surface area contributed by atoms with Gasteiger partial charge < -0.3 is 9.84 Å². The highest BCUT2D eigenvalue weighted by Crippen LogP contribution is 2.18. The van der Waals surface area contributed by atoms with Gasteiger partial charge in [-0.1, -0.05) is 31.9 Å². The van der Waals surface area contributed by atoms with Crippen molar-refractivity contribution in [1.82, 2.24) is 5.32 Å². The summed E-state index contributed by atoms with van der Waals surface area (Å²) in [7, 11) is 1.63. The number of carboxylic acids is 1. The fourth-order valence-corrected chi connectivity index (χ4v) is 1.98. The second-order valence-corrected chi connectivity index (χ2v) is 4.69. The monoisotopic (exact) mass is 265 g/mol. The maximum Gasteiger partial charge on any atom is 0.320 e. The van der Waals surface area contributed by atoms with Crippen LogP contribution in [-0.4, -0.2) is 24.2 Å². The summed E-state index contributed by atoms with van der Waals surface area (Å²) in [5.41, 5.74) is 1.06. The third kappa shape index (κ3) is 4.91. The molecule has 0 aliphatic heterocycles. The Hall–Kier alpha value is -1.55. The van der Waals surface area contributed by atoms with Gasteiger partial charge in [0, 0.05) is 6.04 Å². The molecule has 106 valence electrons. The minimum Gasteiger partial charge on any atom is -0.497 e. The van der Waals surface area contributed by atoms with Crippen molar-refractivity contribution in [3.8, 4) is 5.75 Å². The van der Waals surface area contributed by atoms with E-state index in [9.17, 15) is 9.90 Å². The molecule has 1 unspecified atom stereocenters. The van der Waals surface area contributed by atoms with Gasteiger partial charge in [-0.05, 0) is 31.0 Å². The van der Waals surface area contributed by atoms with Crippen LogP contribution in [0.25, 0.3) is 0 Å². The van der Waals surface area contributed by atoms with Gasteiger partial charge in [0.25, 0.3) is 0 Å². The van der Waals surface area contributed by atoms with E-state index in [1.807, 2.05) is 31.2 Å². The zero-order chi connectivity index (χ0) is 14.3. The molecule has 0 radical (unpaired) electrons. The van der Waals surface area contributed by atoms with Gasteiger partial charge in [0.1, 0.15) is 11.8 Å². The highest BCUT2D eigenvalue weighted by Gasteiger charge is 2.19. The Bertz CT molecular complexity index is 389. The van der Waals surface area contributed by atoms with Gasteiger partial charge in [-0.15, -0.1) is 0 Å². The molecule has 4 nitrogen and oxygen atoms in total. The molecule has 2 atom stereocenters. The van der Waals surface area contributed by atoms with E-state index in [0.29, 0.717) is 6.42 Å². The largest absolute Gasteiger partial charge is 0.497 e. The van der Waals surface area contributed by atoms with Crippen LogP contribution >= 0.6 is 0 Å². The normalized spacial score (nSPS) is 13.8. The first kappa shape index (κ1) is 15.5. The third-order valence-electron chi connectivity index (χ3n) is 3.21. The number of methoxy groups -OCH3 is 1. The predicted octanol–water partition coefficient (Wildman–Crippen LogP) is 2.99. The highest BCUT2D eigenvalue weighted by atomic mass is 16.5. The highest BCUT2D eigenvalue weighted by molar-refractivity contribution is 5.73. The summed E-state index contributed by atoms with van der Waals surface area (Å²) >= 11 is 0. The van der Waals surface area contributed by atoms with E-state index in [1.54, 1.807) is 7.11 Å². The summed E-state index contributed by atoms with van der Waals surface area (Å²) in [6.07, 6.45) is 2.58. The molecule has 1 aromatic carbocycles. The van der Waals surface area contributed by atoms with Crippen LogP contribution in [0, 0.1) is 0 Å². The maximum atomic E-state index is 11.2. The average Bonchev–Trinajstić information content (AvgIpc) is 2.43. The molecule has 2 N–H and O–H groups in total. The van der Waals surface area contributed by atoms with E-state index < -0.39 is 12.0 Å². The number of ether oxygens (including phenoxy) is 1. The molecule has 0 spiro atoms. The van der Waals surface area contributed by atoms with Crippen LogP contribution in [0.1, 0.15) is 44.7 Å². The Morgan fingerprint density at radius 1 is 1.37 bits per heavy atom. The van der Waals surface area contributed by atoms with Crippen LogP contribution in [0.2, 0.25) is 0 Å². The molecule has 1 aromatic rings. The molecule has 19 heavy (non-hydrogen) atoms. The Morgan fingerprint density at radius 3 is 2.47 bits per heavy atom. The predicted molar refractivity (Wildman–Crippen MR) is 75.5 cm³/mol. The minimum atomic E-state index is -0.784. The van der Waals surface area contributed by atoms with Crippen molar-refractivity contribution in [1.29, 1.82) is 0 Å². The second kappa shape index (κ2) is 7.79. The Morgan fingerprint density at radius 2 is 2.00 bits per heavy atom. The van der Waals surface area contributed by atoms with Crippen molar-refractivity contribution in [2.75, 3.05) is 7.11 Å². The molecule has 0 aliphatic rings. The number of hydrogen-bond acceptors (Lipinski definition) is 3. The van der Waals surface area contributed by atoms with Gasteiger partial charge in [-0.3, -0.25) is 10.1 Å². The molecule has 0 saturated carbocycles. The average molecular weight is 265 g/mol. The lowest BCUT2D eigenvalue weighted by Crippen LogP contribution is -2.38. The number of rotatable bonds is 8. The Balaban J connectivity index is 2.64. The molecule has 0 bridgehead atoms. The molecule has 4 heteroatoms. The lowest BCUT2D eigenvalue weighted by Gasteiger charge is -2.20. The zero-order valence-corrected chi connectivity index (χ0v) is 11.8. The number of aliphatic carboxylic acids is 1. The second-order valence-electron chi connectivity index (χ2n) is 4.69. The SMILES string of the molecule is CCCCC(N[C@@H](C)c1ccc(OC)cc1)C(=O)O. The minimum absolute atomic E-state index is 0.00358. The van der Waals surface area contributed by atoms with Crippen molar-refractivity contribution in [2.45, 2.75) is 45.2 Å². The van der Waals surface area contributed by atoms with Crippen molar-refractivity contribution < 1.29 is 14.6 Å².